The average molecular weight is 404 g/mol. The SMILES string of the molecule is COc1cc(NC(C(=O)C(=N)C(=NS)c2ccccc2)c2ccccc2)ccn1. The molecule has 2 N–H and O–H groups in total. The number of aromatic nitrogens is 1. The third kappa shape index (κ3) is 4.89. The quantitative estimate of drug-likeness (QED) is 0.388. The number of anilines is 1. The first kappa shape index (κ1) is 20.3. The Hall–Kier alpha value is -3.45. The lowest BCUT2D eigenvalue weighted by Crippen LogP contribution is -2.32. The van der Waals surface area contributed by atoms with Crippen LogP contribution in [0.2, 0.25) is 0 Å². The molecular formula is C22H20N4O2S. The van der Waals surface area contributed by atoms with Crippen LogP contribution in [0.4, 0.5) is 5.69 Å². The van der Waals surface area contributed by atoms with Crippen LogP contribution in [-0.4, -0.2) is 29.3 Å². The minimum absolute atomic E-state index is 0.217. The molecule has 0 aliphatic rings. The van der Waals surface area contributed by atoms with E-state index in [1.165, 1.54) is 7.11 Å². The summed E-state index contributed by atoms with van der Waals surface area (Å²) in [7, 11) is 1.52. The van der Waals surface area contributed by atoms with Crippen LogP contribution in [0.1, 0.15) is 17.2 Å². The van der Waals surface area contributed by atoms with Crippen molar-refractivity contribution in [3.63, 3.8) is 0 Å². The van der Waals surface area contributed by atoms with Gasteiger partial charge in [-0.05, 0) is 24.4 Å². The van der Waals surface area contributed by atoms with Gasteiger partial charge in [-0.15, -0.1) is 0 Å². The van der Waals surface area contributed by atoms with Crippen molar-refractivity contribution >= 4 is 35.7 Å². The van der Waals surface area contributed by atoms with Gasteiger partial charge in [-0.25, -0.2) is 9.38 Å². The standard InChI is InChI=1S/C22H20N4O2S/c1-28-18-14-17(12-13-24-18)25-21(16-10-6-3-7-11-16)22(27)19(23)20(26-29)15-8-4-2-5-9-15/h2-14,21,23,29H,1H3,(H,24,25). The maximum atomic E-state index is 13.3. The number of carbonyl (C=O) groups excluding carboxylic acids is 1. The Morgan fingerprint density at radius 1 is 1.10 bits per heavy atom. The molecular weight excluding hydrogens is 384 g/mol. The summed E-state index contributed by atoms with van der Waals surface area (Å²) in [5, 5.41) is 11.7. The zero-order chi connectivity index (χ0) is 20.6. The molecule has 0 radical (unpaired) electrons. The van der Waals surface area contributed by atoms with Crippen molar-refractivity contribution in [2.45, 2.75) is 6.04 Å². The van der Waals surface area contributed by atoms with Gasteiger partial charge in [0, 0.05) is 23.5 Å². The van der Waals surface area contributed by atoms with E-state index in [0.29, 0.717) is 17.1 Å². The molecule has 0 spiro atoms. The van der Waals surface area contributed by atoms with Gasteiger partial charge in [0.1, 0.15) is 17.5 Å². The van der Waals surface area contributed by atoms with E-state index in [9.17, 15) is 4.79 Å². The van der Waals surface area contributed by atoms with Crippen molar-refractivity contribution in [1.29, 1.82) is 5.41 Å². The molecule has 1 atom stereocenters. The monoisotopic (exact) mass is 404 g/mol. The lowest BCUT2D eigenvalue weighted by molar-refractivity contribution is -0.113. The summed E-state index contributed by atoms with van der Waals surface area (Å²) in [5.41, 5.74) is 2.02. The second-order valence-electron chi connectivity index (χ2n) is 6.13. The molecule has 2 aromatic carbocycles. The van der Waals surface area contributed by atoms with Crippen LogP contribution < -0.4 is 10.1 Å². The summed E-state index contributed by atoms with van der Waals surface area (Å²) in [6, 6.07) is 20.9. The Morgan fingerprint density at radius 2 is 1.76 bits per heavy atom. The molecule has 6 nitrogen and oxygen atoms in total. The largest absolute Gasteiger partial charge is 0.481 e. The number of ketones is 1. The number of methoxy groups -OCH3 is 1. The predicted molar refractivity (Wildman–Crippen MR) is 118 cm³/mol. The fourth-order valence-corrected chi connectivity index (χ4v) is 3.05. The molecule has 1 aromatic heterocycles. The third-order valence-electron chi connectivity index (χ3n) is 4.28. The van der Waals surface area contributed by atoms with E-state index in [4.69, 9.17) is 10.1 Å². The van der Waals surface area contributed by atoms with Crippen molar-refractivity contribution in [2.75, 3.05) is 12.4 Å². The lowest BCUT2D eigenvalue weighted by atomic mass is 9.94. The van der Waals surface area contributed by atoms with Crippen LogP contribution in [0.15, 0.2) is 83.4 Å². The maximum absolute atomic E-state index is 13.3. The van der Waals surface area contributed by atoms with Crippen LogP contribution in [-0.2, 0) is 4.79 Å². The number of benzene rings is 2. The van der Waals surface area contributed by atoms with Crippen LogP contribution in [0.3, 0.4) is 0 Å². The summed E-state index contributed by atoms with van der Waals surface area (Å²) < 4.78 is 9.05. The number of ether oxygens (including phenoxy) is 1. The van der Waals surface area contributed by atoms with E-state index in [0.717, 1.165) is 5.56 Å². The molecule has 7 heteroatoms. The predicted octanol–water partition coefficient (Wildman–Crippen LogP) is 4.17. The maximum Gasteiger partial charge on any atom is 0.214 e. The first-order valence-corrected chi connectivity index (χ1v) is 9.26. The number of hydrogen-bond donors (Lipinski definition) is 3. The zero-order valence-corrected chi connectivity index (χ0v) is 16.6. The minimum atomic E-state index is -0.787. The molecule has 0 amide bonds. The number of rotatable bonds is 8. The van der Waals surface area contributed by atoms with Gasteiger partial charge in [0.15, 0.2) is 0 Å². The van der Waals surface area contributed by atoms with E-state index >= 15 is 0 Å². The summed E-state index contributed by atoms with van der Waals surface area (Å²) in [5.74, 6) is -0.00475. The first-order valence-electron chi connectivity index (χ1n) is 8.86. The molecule has 0 aliphatic carbocycles. The molecule has 1 heterocycles. The van der Waals surface area contributed by atoms with E-state index in [2.05, 4.69) is 27.5 Å². The Labute approximate surface area is 174 Å². The molecule has 0 aliphatic heterocycles. The van der Waals surface area contributed by atoms with E-state index in [1.54, 1.807) is 30.5 Å². The minimum Gasteiger partial charge on any atom is -0.481 e. The normalized spacial score (nSPS) is 12.1. The zero-order valence-electron chi connectivity index (χ0n) is 15.7. The van der Waals surface area contributed by atoms with Crippen LogP contribution in [0, 0.1) is 5.41 Å². The summed E-state index contributed by atoms with van der Waals surface area (Å²) in [6.45, 7) is 0. The van der Waals surface area contributed by atoms with E-state index < -0.39 is 11.8 Å². The fraction of sp³-hybridized carbons (Fsp3) is 0.0909. The number of carbonyl (C=O) groups is 1. The van der Waals surface area contributed by atoms with Gasteiger partial charge in [0.05, 0.1) is 7.11 Å². The van der Waals surface area contributed by atoms with Crippen molar-refractivity contribution < 1.29 is 9.53 Å². The number of hydrogen-bond acceptors (Lipinski definition) is 7. The van der Waals surface area contributed by atoms with Crippen LogP contribution >= 0.6 is 12.8 Å². The Kier molecular flexibility index (Phi) is 6.76. The van der Waals surface area contributed by atoms with Crippen molar-refractivity contribution in [3.05, 3.63) is 90.1 Å². The fourth-order valence-electron chi connectivity index (χ4n) is 2.83. The highest BCUT2D eigenvalue weighted by Crippen LogP contribution is 2.23. The Balaban J connectivity index is 1.95. The van der Waals surface area contributed by atoms with Gasteiger partial charge >= 0.3 is 0 Å². The summed E-state index contributed by atoms with van der Waals surface area (Å²) in [6.07, 6.45) is 1.59. The molecule has 29 heavy (non-hydrogen) atoms. The average Bonchev–Trinajstić information content (AvgIpc) is 2.79. The smallest absolute Gasteiger partial charge is 0.214 e. The Morgan fingerprint density at radius 3 is 2.38 bits per heavy atom. The van der Waals surface area contributed by atoms with Gasteiger partial charge in [0.25, 0.3) is 0 Å². The third-order valence-corrected chi connectivity index (χ3v) is 4.48. The number of nitrogens with one attached hydrogen (secondary N) is 2. The van der Waals surface area contributed by atoms with Gasteiger partial charge in [-0.1, -0.05) is 60.7 Å². The molecule has 0 saturated carbocycles. The number of nitrogens with zero attached hydrogens (tertiary/aromatic N) is 2. The van der Waals surface area contributed by atoms with Gasteiger partial charge in [-0.2, -0.15) is 0 Å². The van der Waals surface area contributed by atoms with Crippen molar-refractivity contribution in [2.24, 2.45) is 4.40 Å². The molecule has 3 rings (SSSR count). The number of thiol groups is 1. The summed E-state index contributed by atoms with van der Waals surface area (Å²) in [4.78, 5) is 17.4. The van der Waals surface area contributed by atoms with Gasteiger partial charge in [0.2, 0.25) is 11.7 Å². The highest BCUT2D eigenvalue weighted by Gasteiger charge is 2.28. The van der Waals surface area contributed by atoms with E-state index in [1.807, 2.05) is 48.5 Å². The second-order valence-corrected chi connectivity index (χ2v) is 6.33. The topological polar surface area (TPSA) is 87.4 Å². The van der Waals surface area contributed by atoms with E-state index in [-0.39, 0.29) is 11.4 Å². The molecule has 146 valence electrons. The molecule has 3 aromatic rings. The molecule has 0 bridgehead atoms. The molecule has 0 saturated heterocycles. The van der Waals surface area contributed by atoms with Crippen LogP contribution in [0.25, 0.3) is 0 Å². The number of Topliss-reactive ketones (excluding diaryl/α,β-unsaturated/α-hetero) is 1. The van der Waals surface area contributed by atoms with Gasteiger partial charge < -0.3 is 10.1 Å². The Bertz CT molecular complexity index is 1020. The highest BCUT2D eigenvalue weighted by molar-refractivity contribution is 7.79. The lowest BCUT2D eigenvalue weighted by Gasteiger charge is -2.20. The highest BCUT2D eigenvalue weighted by atomic mass is 32.1. The molecule has 1 unspecified atom stereocenters. The first-order chi connectivity index (χ1) is 14.1. The molecule has 0 fully saturated rings. The number of pyridine rings is 1. The van der Waals surface area contributed by atoms with Crippen molar-refractivity contribution in [3.8, 4) is 5.88 Å². The van der Waals surface area contributed by atoms with Crippen LogP contribution in [0.5, 0.6) is 5.88 Å². The second kappa shape index (κ2) is 9.66. The van der Waals surface area contributed by atoms with Gasteiger partial charge in [-0.3, -0.25) is 10.2 Å². The summed E-state index contributed by atoms with van der Waals surface area (Å²) >= 11 is 3.99. The van der Waals surface area contributed by atoms with Crippen molar-refractivity contribution in [1.82, 2.24) is 4.98 Å².